The monoisotopic (exact) mass is 200 g/mol. The Morgan fingerprint density at radius 1 is 1.38 bits per heavy atom. The summed E-state index contributed by atoms with van der Waals surface area (Å²) in [5.74, 6) is 0.529. The summed E-state index contributed by atoms with van der Waals surface area (Å²) >= 11 is -1.93. The third kappa shape index (κ3) is 1.83. The van der Waals surface area contributed by atoms with Crippen molar-refractivity contribution in [2.75, 3.05) is 0 Å². The van der Waals surface area contributed by atoms with Gasteiger partial charge >= 0.3 is 0 Å². The minimum absolute atomic E-state index is 0.0702. The van der Waals surface area contributed by atoms with Crippen molar-refractivity contribution < 1.29 is 8.76 Å². The van der Waals surface area contributed by atoms with Crippen LogP contribution in [0.3, 0.4) is 0 Å². The lowest BCUT2D eigenvalue weighted by Gasteiger charge is -2.38. The summed E-state index contributed by atoms with van der Waals surface area (Å²) < 4.78 is 21.9. The first-order valence-electron chi connectivity index (χ1n) is 4.89. The first-order valence-corrected chi connectivity index (χ1v) is 6.02. The van der Waals surface area contributed by atoms with Crippen molar-refractivity contribution in [1.29, 1.82) is 0 Å². The van der Waals surface area contributed by atoms with Crippen molar-refractivity contribution in [3.05, 3.63) is 0 Å². The minimum atomic E-state index is -1.93. The maximum atomic E-state index is 10.9. The van der Waals surface area contributed by atoms with Crippen LogP contribution in [0, 0.1) is 5.92 Å². The van der Waals surface area contributed by atoms with E-state index in [1.807, 2.05) is 6.21 Å². The van der Waals surface area contributed by atoms with Crippen LogP contribution in [0.2, 0.25) is 0 Å². The highest BCUT2D eigenvalue weighted by atomic mass is 32.2. The van der Waals surface area contributed by atoms with E-state index in [2.05, 4.69) is 4.99 Å². The molecule has 0 aromatic carbocycles. The average molecular weight is 200 g/mol. The lowest BCUT2D eigenvalue weighted by atomic mass is 9.80. The molecule has 3 unspecified atom stereocenters. The van der Waals surface area contributed by atoms with Gasteiger partial charge in [0.2, 0.25) is 0 Å². The molecule has 1 aliphatic heterocycles. The number of fused-ring (bicyclic) bond motifs is 1. The van der Waals surface area contributed by atoms with E-state index in [0.29, 0.717) is 5.92 Å². The van der Waals surface area contributed by atoms with Crippen molar-refractivity contribution in [2.45, 2.75) is 43.4 Å². The van der Waals surface area contributed by atoms with Crippen LogP contribution in [0.15, 0.2) is 4.99 Å². The van der Waals surface area contributed by atoms with E-state index in [-0.39, 0.29) is 11.3 Å². The SMILES string of the molecule is O=S([O-])C1CCCC2CCC=N[C@H]21. The molecule has 0 amide bonds. The second-order valence-corrected chi connectivity index (χ2v) is 5.02. The van der Waals surface area contributed by atoms with Crippen LogP contribution >= 0.6 is 0 Å². The molecule has 4 heteroatoms. The Hall–Kier alpha value is -0.220. The second-order valence-electron chi connectivity index (χ2n) is 3.89. The van der Waals surface area contributed by atoms with E-state index >= 15 is 0 Å². The Morgan fingerprint density at radius 3 is 3.00 bits per heavy atom. The molecule has 0 N–H and O–H groups in total. The number of hydrogen-bond acceptors (Lipinski definition) is 3. The van der Waals surface area contributed by atoms with Gasteiger partial charge in [-0.15, -0.1) is 0 Å². The lowest BCUT2D eigenvalue weighted by molar-refractivity contribution is 0.286. The normalized spacial score (nSPS) is 41.2. The molecule has 0 bridgehead atoms. The Bertz CT molecular complexity index is 242. The number of hydrogen-bond donors (Lipinski definition) is 0. The molecule has 0 aromatic rings. The molecule has 0 saturated heterocycles. The van der Waals surface area contributed by atoms with Crippen LogP contribution in [0.25, 0.3) is 0 Å². The van der Waals surface area contributed by atoms with E-state index in [0.717, 1.165) is 32.1 Å². The van der Waals surface area contributed by atoms with Crippen LogP contribution < -0.4 is 0 Å². The van der Waals surface area contributed by atoms with Gasteiger partial charge in [-0.05, 0) is 48.9 Å². The standard InChI is InChI=1S/C9H15NO2S/c11-13(12)8-5-1-3-7-4-2-6-10-9(7)8/h6-9H,1-5H2,(H,11,12)/p-1/t7?,8?,9-/m1/s1. The molecule has 2 rings (SSSR count). The average Bonchev–Trinajstić information content (AvgIpc) is 2.17. The summed E-state index contributed by atoms with van der Waals surface area (Å²) in [7, 11) is 0. The zero-order valence-corrected chi connectivity index (χ0v) is 8.33. The molecular weight excluding hydrogens is 186 g/mol. The topological polar surface area (TPSA) is 52.5 Å². The molecule has 13 heavy (non-hydrogen) atoms. The summed E-state index contributed by atoms with van der Waals surface area (Å²) in [4.78, 5) is 4.34. The van der Waals surface area contributed by atoms with Crippen LogP contribution in [-0.2, 0) is 11.1 Å². The number of aliphatic imine (C=N–C) groups is 1. The van der Waals surface area contributed by atoms with Gasteiger partial charge in [-0.1, -0.05) is 6.42 Å². The van der Waals surface area contributed by atoms with Gasteiger partial charge in [-0.2, -0.15) is 0 Å². The first kappa shape index (κ1) is 9.34. The van der Waals surface area contributed by atoms with Crippen LogP contribution in [0.1, 0.15) is 32.1 Å². The summed E-state index contributed by atoms with van der Waals surface area (Å²) in [6, 6.07) is 0.0702. The predicted molar refractivity (Wildman–Crippen MR) is 51.6 cm³/mol. The van der Waals surface area contributed by atoms with Gasteiger partial charge in [0, 0.05) is 5.25 Å². The van der Waals surface area contributed by atoms with Crippen molar-refractivity contribution >= 4 is 17.3 Å². The van der Waals surface area contributed by atoms with E-state index < -0.39 is 11.1 Å². The summed E-state index contributed by atoms with van der Waals surface area (Å²) in [6.07, 6.45) is 7.06. The summed E-state index contributed by atoms with van der Waals surface area (Å²) in [5.41, 5.74) is 0. The van der Waals surface area contributed by atoms with E-state index in [9.17, 15) is 8.76 Å². The van der Waals surface area contributed by atoms with Gasteiger partial charge in [0.05, 0.1) is 6.04 Å². The van der Waals surface area contributed by atoms with Gasteiger partial charge in [-0.3, -0.25) is 9.20 Å². The lowest BCUT2D eigenvalue weighted by Crippen LogP contribution is -2.40. The minimum Gasteiger partial charge on any atom is -0.772 e. The van der Waals surface area contributed by atoms with Crippen molar-refractivity contribution in [1.82, 2.24) is 0 Å². The molecular formula is C9H14NO2S-. The largest absolute Gasteiger partial charge is 0.772 e. The smallest absolute Gasteiger partial charge is 0.0656 e. The fraction of sp³-hybridized carbons (Fsp3) is 0.889. The third-order valence-electron chi connectivity index (χ3n) is 3.12. The molecule has 4 atom stereocenters. The highest BCUT2D eigenvalue weighted by Gasteiger charge is 2.34. The molecule has 2 aliphatic rings. The van der Waals surface area contributed by atoms with Crippen LogP contribution in [0.5, 0.6) is 0 Å². The van der Waals surface area contributed by atoms with E-state index in [1.165, 1.54) is 0 Å². The fourth-order valence-electron chi connectivity index (χ4n) is 2.45. The molecule has 1 saturated carbocycles. The molecule has 3 nitrogen and oxygen atoms in total. The molecule has 1 heterocycles. The molecule has 0 radical (unpaired) electrons. The van der Waals surface area contributed by atoms with Crippen LogP contribution in [-0.4, -0.2) is 26.3 Å². The Kier molecular flexibility index (Phi) is 2.79. The molecule has 0 spiro atoms. The maximum Gasteiger partial charge on any atom is 0.0656 e. The Balaban J connectivity index is 2.15. The summed E-state index contributed by atoms with van der Waals surface area (Å²) in [6.45, 7) is 0. The van der Waals surface area contributed by atoms with Gasteiger partial charge in [0.25, 0.3) is 0 Å². The zero-order valence-electron chi connectivity index (χ0n) is 7.52. The molecule has 0 aromatic heterocycles. The molecule has 1 aliphatic carbocycles. The maximum absolute atomic E-state index is 10.9. The van der Waals surface area contributed by atoms with Crippen molar-refractivity contribution in [2.24, 2.45) is 10.9 Å². The predicted octanol–water partition coefficient (Wildman–Crippen LogP) is 1.27. The second kappa shape index (κ2) is 3.88. The van der Waals surface area contributed by atoms with Crippen molar-refractivity contribution in [3.8, 4) is 0 Å². The first-order chi connectivity index (χ1) is 6.29. The Labute approximate surface area is 80.9 Å². The highest BCUT2D eigenvalue weighted by Crippen LogP contribution is 2.34. The van der Waals surface area contributed by atoms with Crippen molar-refractivity contribution in [3.63, 3.8) is 0 Å². The van der Waals surface area contributed by atoms with Crippen LogP contribution in [0.4, 0.5) is 0 Å². The van der Waals surface area contributed by atoms with Gasteiger partial charge in [-0.25, -0.2) is 0 Å². The van der Waals surface area contributed by atoms with Gasteiger partial charge in [0.15, 0.2) is 0 Å². The highest BCUT2D eigenvalue weighted by molar-refractivity contribution is 7.79. The third-order valence-corrected chi connectivity index (χ3v) is 4.13. The molecule has 1 fully saturated rings. The number of rotatable bonds is 1. The van der Waals surface area contributed by atoms with E-state index in [1.54, 1.807) is 0 Å². The zero-order chi connectivity index (χ0) is 9.26. The summed E-state index contributed by atoms with van der Waals surface area (Å²) in [5, 5.41) is -0.213. The fourth-order valence-corrected chi connectivity index (χ4v) is 3.33. The quantitative estimate of drug-likeness (QED) is 0.598. The van der Waals surface area contributed by atoms with Gasteiger partial charge in [0.1, 0.15) is 0 Å². The number of nitrogens with zero attached hydrogens (tertiary/aromatic N) is 1. The van der Waals surface area contributed by atoms with E-state index in [4.69, 9.17) is 0 Å². The molecule has 74 valence electrons. The van der Waals surface area contributed by atoms with Gasteiger partial charge < -0.3 is 4.55 Å². The Morgan fingerprint density at radius 2 is 2.23 bits per heavy atom.